The molecule has 5 nitrogen and oxygen atoms in total. The minimum atomic E-state index is -4.85. The van der Waals surface area contributed by atoms with E-state index in [2.05, 4.69) is 10.1 Å². The minimum Gasteiger partial charge on any atom is -0.404 e. The number of halogens is 4. The molecular weight excluding hydrogens is 390 g/mol. The van der Waals surface area contributed by atoms with Crippen LogP contribution in [0.25, 0.3) is 0 Å². The van der Waals surface area contributed by atoms with Crippen LogP contribution in [0.5, 0.6) is 5.75 Å². The molecule has 1 N–H and O–H groups in total. The second-order valence-corrected chi connectivity index (χ2v) is 6.76. The second-order valence-electron chi connectivity index (χ2n) is 6.76. The number of anilines is 2. The van der Waals surface area contributed by atoms with E-state index < -0.39 is 18.0 Å². The first-order chi connectivity index (χ1) is 13.7. The van der Waals surface area contributed by atoms with E-state index >= 15 is 0 Å². The molecule has 0 unspecified atom stereocenters. The van der Waals surface area contributed by atoms with Gasteiger partial charge in [-0.05, 0) is 30.7 Å². The lowest BCUT2D eigenvalue weighted by Gasteiger charge is -2.36. The van der Waals surface area contributed by atoms with Crippen LogP contribution >= 0.6 is 0 Å². The first-order valence-electron chi connectivity index (χ1n) is 9.10. The van der Waals surface area contributed by atoms with Crippen LogP contribution in [0.4, 0.5) is 28.9 Å². The van der Waals surface area contributed by atoms with Gasteiger partial charge in [-0.3, -0.25) is 9.69 Å². The van der Waals surface area contributed by atoms with Crippen LogP contribution in [0.3, 0.4) is 0 Å². The van der Waals surface area contributed by atoms with Gasteiger partial charge in [0.15, 0.2) is 5.75 Å². The maximum atomic E-state index is 14.3. The summed E-state index contributed by atoms with van der Waals surface area (Å²) in [4.78, 5) is 16.1. The van der Waals surface area contributed by atoms with Gasteiger partial charge < -0.3 is 15.0 Å². The van der Waals surface area contributed by atoms with Gasteiger partial charge in [0.2, 0.25) is 5.91 Å². The smallest absolute Gasteiger partial charge is 0.404 e. The van der Waals surface area contributed by atoms with E-state index in [0.717, 1.165) is 6.07 Å². The van der Waals surface area contributed by atoms with Crippen molar-refractivity contribution < 1.29 is 27.1 Å². The predicted molar refractivity (Wildman–Crippen MR) is 102 cm³/mol. The average molecular weight is 411 g/mol. The fraction of sp³-hybridized carbons (Fsp3) is 0.350. The number of hydrogen-bond acceptors (Lipinski definition) is 4. The van der Waals surface area contributed by atoms with Gasteiger partial charge in [-0.15, -0.1) is 13.2 Å². The Morgan fingerprint density at radius 3 is 2.45 bits per heavy atom. The monoisotopic (exact) mass is 411 g/mol. The van der Waals surface area contributed by atoms with E-state index in [1.54, 1.807) is 25.1 Å². The van der Waals surface area contributed by atoms with Gasteiger partial charge in [0.1, 0.15) is 5.82 Å². The Morgan fingerprint density at radius 1 is 1.07 bits per heavy atom. The van der Waals surface area contributed by atoms with Gasteiger partial charge in [-0.1, -0.05) is 24.3 Å². The Labute approximate surface area is 165 Å². The zero-order chi connectivity index (χ0) is 21.0. The Morgan fingerprint density at radius 2 is 1.76 bits per heavy atom. The first-order valence-corrected chi connectivity index (χ1v) is 9.10. The van der Waals surface area contributed by atoms with Crippen LogP contribution < -0.4 is 15.0 Å². The number of nitrogens with one attached hydrogen (secondary N) is 1. The summed E-state index contributed by atoms with van der Waals surface area (Å²) in [6.45, 7) is 3.87. The highest BCUT2D eigenvalue weighted by molar-refractivity contribution is 5.93. The highest BCUT2D eigenvalue weighted by Gasteiger charge is 2.32. The van der Waals surface area contributed by atoms with Gasteiger partial charge in [-0.2, -0.15) is 0 Å². The van der Waals surface area contributed by atoms with Crippen LogP contribution in [-0.4, -0.2) is 49.9 Å². The zero-order valence-electron chi connectivity index (χ0n) is 15.8. The van der Waals surface area contributed by atoms with Crippen LogP contribution in [-0.2, 0) is 4.79 Å². The number of amides is 1. The molecule has 1 aliphatic rings. The number of nitrogens with zero attached hydrogens (tertiary/aromatic N) is 2. The van der Waals surface area contributed by atoms with Crippen LogP contribution in [0.1, 0.15) is 5.56 Å². The fourth-order valence-electron chi connectivity index (χ4n) is 3.20. The molecule has 0 bridgehead atoms. The number of carbonyl (C=O) groups is 1. The molecule has 0 saturated carbocycles. The van der Waals surface area contributed by atoms with E-state index in [9.17, 15) is 22.4 Å². The van der Waals surface area contributed by atoms with Gasteiger partial charge in [0.05, 0.1) is 17.9 Å². The summed E-state index contributed by atoms with van der Waals surface area (Å²) in [6.07, 6.45) is -4.85. The first kappa shape index (κ1) is 20.9. The molecule has 2 aromatic carbocycles. The topological polar surface area (TPSA) is 44.8 Å². The van der Waals surface area contributed by atoms with Crippen LogP contribution in [0, 0.1) is 12.7 Å². The molecule has 29 heavy (non-hydrogen) atoms. The number of rotatable bonds is 5. The molecule has 0 atom stereocenters. The largest absolute Gasteiger partial charge is 0.573 e. The Bertz CT molecular complexity index is 865. The third-order valence-electron chi connectivity index (χ3n) is 4.64. The molecule has 2 aromatic rings. The number of alkyl halides is 3. The molecular formula is C20H21F4N3O2. The Hall–Kier alpha value is -2.81. The summed E-state index contributed by atoms with van der Waals surface area (Å²) in [5, 5.41) is 2.46. The van der Waals surface area contributed by atoms with Gasteiger partial charge >= 0.3 is 6.36 Å². The summed E-state index contributed by atoms with van der Waals surface area (Å²) >= 11 is 0. The Kier molecular flexibility index (Phi) is 6.26. The number of ether oxygens (including phenoxy) is 1. The van der Waals surface area contributed by atoms with Crippen molar-refractivity contribution >= 4 is 17.3 Å². The van der Waals surface area contributed by atoms with E-state index in [0.29, 0.717) is 37.4 Å². The van der Waals surface area contributed by atoms with E-state index in [1.807, 2.05) is 9.80 Å². The third-order valence-corrected chi connectivity index (χ3v) is 4.64. The summed E-state index contributed by atoms with van der Waals surface area (Å²) < 4.78 is 55.7. The SMILES string of the molecule is Cc1cccc(N2CCN(CC(=O)Nc3ccccc3OC(F)(F)F)CC2)c1F. The van der Waals surface area contributed by atoms with Gasteiger partial charge in [0.25, 0.3) is 0 Å². The number of piperazine rings is 1. The average Bonchev–Trinajstić information content (AvgIpc) is 2.65. The summed E-state index contributed by atoms with van der Waals surface area (Å²) in [6, 6.07) is 10.6. The number of para-hydroxylation sites is 2. The van der Waals surface area contributed by atoms with Crippen molar-refractivity contribution in [3.05, 3.63) is 53.8 Å². The lowest BCUT2D eigenvalue weighted by atomic mass is 10.1. The highest BCUT2D eigenvalue weighted by atomic mass is 19.4. The van der Waals surface area contributed by atoms with Crippen molar-refractivity contribution in [1.29, 1.82) is 0 Å². The molecule has 1 fully saturated rings. The lowest BCUT2D eigenvalue weighted by molar-refractivity contribution is -0.274. The predicted octanol–water partition coefficient (Wildman–Crippen LogP) is 3.79. The molecule has 0 radical (unpaired) electrons. The molecule has 3 rings (SSSR count). The maximum absolute atomic E-state index is 14.3. The van der Waals surface area contributed by atoms with E-state index in [-0.39, 0.29) is 18.0 Å². The minimum absolute atomic E-state index is 0.0183. The highest BCUT2D eigenvalue weighted by Crippen LogP contribution is 2.30. The van der Waals surface area contributed by atoms with Gasteiger partial charge in [-0.25, -0.2) is 4.39 Å². The van der Waals surface area contributed by atoms with E-state index in [1.165, 1.54) is 18.2 Å². The number of hydrogen-bond donors (Lipinski definition) is 1. The van der Waals surface area contributed by atoms with Crippen molar-refractivity contribution in [3.8, 4) is 5.75 Å². The van der Waals surface area contributed by atoms with Crippen molar-refractivity contribution in [2.45, 2.75) is 13.3 Å². The standard InChI is InChI=1S/C20H21F4N3O2/c1-14-5-4-7-16(19(14)21)27-11-9-26(10-12-27)13-18(28)25-15-6-2-3-8-17(15)29-20(22,23)24/h2-8H,9-13H2,1H3,(H,25,28). The lowest BCUT2D eigenvalue weighted by Crippen LogP contribution is -2.49. The molecule has 1 amide bonds. The number of benzene rings is 2. The van der Waals surface area contributed by atoms with Crippen molar-refractivity contribution in [2.75, 3.05) is 42.9 Å². The van der Waals surface area contributed by atoms with Crippen LogP contribution in [0.15, 0.2) is 42.5 Å². The van der Waals surface area contributed by atoms with Crippen molar-refractivity contribution in [1.82, 2.24) is 4.90 Å². The van der Waals surface area contributed by atoms with Crippen molar-refractivity contribution in [3.63, 3.8) is 0 Å². The molecule has 1 heterocycles. The van der Waals surface area contributed by atoms with Crippen molar-refractivity contribution in [2.24, 2.45) is 0 Å². The molecule has 0 aromatic heterocycles. The second kappa shape index (κ2) is 8.69. The van der Waals surface area contributed by atoms with E-state index in [4.69, 9.17) is 0 Å². The zero-order valence-corrected chi connectivity index (χ0v) is 15.8. The quantitative estimate of drug-likeness (QED) is 0.761. The number of carbonyl (C=O) groups excluding carboxylic acids is 1. The molecule has 1 saturated heterocycles. The summed E-state index contributed by atoms with van der Waals surface area (Å²) in [5.41, 5.74) is 1.06. The molecule has 0 spiro atoms. The molecule has 1 aliphatic heterocycles. The van der Waals surface area contributed by atoms with Crippen LogP contribution in [0.2, 0.25) is 0 Å². The summed E-state index contributed by atoms with van der Waals surface area (Å²) in [5.74, 6) is -1.16. The Balaban J connectivity index is 1.55. The molecule has 156 valence electrons. The fourth-order valence-corrected chi connectivity index (χ4v) is 3.20. The maximum Gasteiger partial charge on any atom is 0.573 e. The summed E-state index contributed by atoms with van der Waals surface area (Å²) in [7, 11) is 0. The van der Waals surface area contributed by atoms with Gasteiger partial charge in [0, 0.05) is 26.2 Å². The molecule has 0 aliphatic carbocycles. The molecule has 9 heteroatoms. The normalized spacial score (nSPS) is 15.3. The third kappa shape index (κ3) is 5.60. The number of aryl methyl sites for hydroxylation is 1.